The van der Waals surface area contributed by atoms with Crippen LogP contribution in [0.1, 0.15) is 30.4 Å². The fourth-order valence-electron chi connectivity index (χ4n) is 2.90. The van der Waals surface area contributed by atoms with Gasteiger partial charge in [0.05, 0.1) is 6.54 Å². The molecule has 3 nitrogen and oxygen atoms in total. The highest BCUT2D eigenvalue weighted by atomic mass is 32.1. The van der Waals surface area contributed by atoms with E-state index < -0.39 is 0 Å². The molecule has 3 rings (SSSR count). The van der Waals surface area contributed by atoms with Crippen molar-refractivity contribution in [1.82, 2.24) is 9.80 Å². The van der Waals surface area contributed by atoms with E-state index in [0.29, 0.717) is 0 Å². The molecule has 1 fully saturated rings. The van der Waals surface area contributed by atoms with Gasteiger partial charge in [-0.1, -0.05) is 6.92 Å². The molecule has 0 saturated carbocycles. The molecule has 0 bridgehead atoms. The summed E-state index contributed by atoms with van der Waals surface area (Å²) in [5.41, 5.74) is 1.45. The minimum Gasteiger partial charge on any atom is -0.465 e. The van der Waals surface area contributed by atoms with Crippen LogP contribution >= 0.6 is 11.3 Å². The second-order valence-electron chi connectivity index (χ2n) is 5.76. The molecule has 0 N–H and O–H groups in total. The molecule has 1 saturated heterocycles. The smallest absolute Gasteiger partial charge is 0.118 e. The van der Waals surface area contributed by atoms with Gasteiger partial charge in [0.1, 0.15) is 11.5 Å². The molecule has 1 aliphatic rings. The first kappa shape index (κ1) is 14.8. The van der Waals surface area contributed by atoms with Crippen molar-refractivity contribution in [3.05, 3.63) is 46.0 Å². The van der Waals surface area contributed by atoms with Gasteiger partial charge >= 0.3 is 0 Å². The lowest BCUT2D eigenvalue weighted by Crippen LogP contribution is -2.30. The van der Waals surface area contributed by atoms with E-state index in [4.69, 9.17) is 4.42 Å². The zero-order chi connectivity index (χ0) is 14.5. The van der Waals surface area contributed by atoms with Crippen molar-refractivity contribution in [2.45, 2.75) is 32.9 Å². The van der Waals surface area contributed by atoms with E-state index in [1.165, 1.54) is 25.1 Å². The third-order valence-corrected chi connectivity index (χ3v) is 4.84. The van der Waals surface area contributed by atoms with Gasteiger partial charge in [0, 0.05) is 26.1 Å². The molecular formula is C17H24N2OS. The predicted molar refractivity (Wildman–Crippen MR) is 87.6 cm³/mol. The van der Waals surface area contributed by atoms with E-state index in [1.807, 2.05) is 0 Å². The summed E-state index contributed by atoms with van der Waals surface area (Å²) in [5, 5.41) is 4.43. The lowest BCUT2D eigenvalue weighted by atomic mass is 10.3. The Balaban J connectivity index is 1.50. The van der Waals surface area contributed by atoms with Gasteiger partial charge in [-0.25, -0.2) is 0 Å². The van der Waals surface area contributed by atoms with E-state index >= 15 is 0 Å². The summed E-state index contributed by atoms with van der Waals surface area (Å²) in [6.45, 7) is 8.83. The number of furan rings is 1. The predicted octanol–water partition coefficient (Wildman–Crippen LogP) is 3.61. The van der Waals surface area contributed by atoms with Crippen LogP contribution in [0.25, 0.3) is 0 Å². The SMILES string of the molecule is CCc1ccc(CN2CCCN(Cc3ccsc3)CC2)o1. The number of hydrogen-bond acceptors (Lipinski definition) is 4. The maximum absolute atomic E-state index is 5.83. The summed E-state index contributed by atoms with van der Waals surface area (Å²) in [6.07, 6.45) is 2.22. The van der Waals surface area contributed by atoms with Crippen LogP contribution in [-0.2, 0) is 19.5 Å². The summed E-state index contributed by atoms with van der Waals surface area (Å²) >= 11 is 1.79. The molecule has 0 amide bonds. The van der Waals surface area contributed by atoms with Gasteiger partial charge in [0.2, 0.25) is 0 Å². The zero-order valence-corrected chi connectivity index (χ0v) is 13.6. The summed E-state index contributed by atoms with van der Waals surface area (Å²) in [6, 6.07) is 6.48. The second-order valence-corrected chi connectivity index (χ2v) is 6.54. The quantitative estimate of drug-likeness (QED) is 0.841. The molecule has 2 aromatic heterocycles. The Bertz CT molecular complexity index is 535. The van der Waals surface area contributed by atoms with Gasteiger partial charge in [0.15, 0.2) is 0 Å². The van der Waals surface area contributed by atoms with E-state index in [2.05, 4.69) is 45.7 Å². The number of rotatable bonds is 5. The highest BCUT2D eigenvalue weighted by Gasteiger charge is 2.16. The van der Waals surface area contributed by atoms with Crippen molar-refractivity contribution in [1.29, 1.82) is 0 Å². The Morgan fingerprint density at radius 2 is 1.76 bits per heavy atom. The summed E-state index contributed by atoms with van der Waals surface area (Å²) in [7, 11) is 0. The average molecular weight is 304 g/mol. The Morgan fingerprint density at radius 3 is 2.43 bits per heavy atom. The van der Waals surface area contributed by atoms with E-state index in [9.17, 15) is 0 Å². The minimum absolute atomic E-state index is 0.951. The van der Waals surface area contributed by atoms with Crippen LogP contribution in [0.5, 0.6) is 0 Å². The molecule has 3 heterocycles. The molecule has 4 heteroatoms. The maximum Gasteiger partial charge on any atom is 0.118 e. The molecule has 0 atom stereocenters. The standard InChI is InChI=1S/C17H24N2OS/c1-2-16-4-5-17(20-16)13-19-8-3-7-18(9-10-19)12-15-6-11-21-14-15/h4-6,11,14H,2-3,7-10,12-13H2,1H3. The lowest BCUT2D eigenvalue weighted by molar-refractivity contribution is 0.233. The second kappa shape index (κ2) is 7.25. The van der Waals surface area contributed by atoms with Crippen LogP contribution in [0.2, 0.25) is 0 Å². The first-order valence-corrected chi connectivity index (χ1v) is 8.81. The van der Waals surface area contributed by atoms with Crippen molar-refractivity contribution < 1.29 is 4.42 Å². The zero-order valence-electron chi connectivity index (χ0n) is 12.8. The van der Waals surface area contributed by atoms with Gasteiger partial charge in [-0.2, -0.15) is 11.3 Å². The van der Waals surface area contributed by atoms with Gasteiger partial charge < -0.3 is 4.42 Å². The number of hydrogen-bond donors (Lipinski definition) is 0. The highest BCUT2D eigenvalue weighted by Crippen LogP contribution is 2.15. The van der Waals surface area contributed by atoms with Crippen LogP contribution in [0.4, 0.5) is 0 Å². The van der Waals surface area contributed by atoms with Crippen molar-refractivity contribution in [3.8, 4) is 0 Å². The van der Waals surface area contributed by atoms with Crippen LogP contribution in [-0.4, -0.2) is 36.0 Å². The van der Waals surface area contributed by atoms with Gasteiger partial charge in [-0.15, -0.1) is 0 Å². The van der Waals surface area contributed by atoms with E-state index in [-0.39, 0.29) is 0 Å². The monoisotopic (exact) mass is 304 g/mol. The van der Waals surface area contributed by atoms with Crippen LogP contribution in [0.3, 0.4) is 0 Å². The highest BCUT2D eigenvalue weighted by molar-refractivity contribution is 7.07. The minimum atomic E-state index is 0.951. The fraction of sp³-hybridized carbons (Fsp3) is 0.529. The third-order valence-electron chi connectivity index (χ3n) is 4.11. The summed E-state index contributed by atoms with van der Waals surface area (Å²) in [5.74, 6) is 2.21. The average Bonchev–Trinajstić information content (AvgIpc) is 3.10. The van der Waals surface area contributed by atoms with Gasteiger partial charge in [-0.05, 0) is 54.0 Å². The largest absolute Gasteiger partial charge is 0.465 e. The summed E-state index contributed by atoms with van der Waals surface area (Å²) < 4.78 is 5.83. The number of thiophene rings is 1. The van der Waals surface area contributed by atoms with Crippen LogP contribution in [0, 0.1) is 0 Å². The van der Waals surface area contributed by atoms with Crippen molar-refractivity contribution in [2.75, 3.05) is 26.2 Å². The van der Waals surface area contributed by atoms with Crippen LogP contribution < -0.4 is 0 Å². The Kier molecular flexibility index (Phi) is 5.12. The van der Waals surface area contributed by atoms with Crippen molar-refractivity contribution in [3.63, 3.8) is 0 Å². The topological polar surface area (TPSA) is 19.6 Å². The molecule has 0 radical (unpaired) electrons. The molecule has 1 aliphatic heterocycles. The maximum atomic E-state index is 5.83. The molecule has 114 valence electrons. The first-order valence-electron chi connectivity index (χ1n) is 7.87. The number of aryl methyl sites for hydroxylation is 1. The van der Waals surface area contributed by atoms with E-state index in [1.54, 1.807) is 11.3 Å². The normalized spacial score (nSPS) is 18.0. The number of nitrogens with zero attached hydrogens (tertiary/aromatic N) is 2. The first-order chi connectivity index (χ1) is 10.3. The van der Waals surface area contributed by atoms with Crippen LogP contribution in [0.15, 0.2) is 33.4 Å². The molecule has 0 unspecified atom stereocenters. The van der Waals surface area contributed by atoms with Crippen molar-refractivity contribution in [2.24, 2.45) is 0 Å². The van der Waals surface area contributed by atoms with Gasteiger partial charge in [0.25, 0.3) is 0 Å². The van der Waals surface area contributed by atoms with E-state index in [0.717, 1.165) is 44.1 Å². The fourth-order valence-corrected chi connectivity index (χ4v) is 3.56. The molecule has 2 aromatic rings. The molecular weight excluding hydrogens is 280 g/mol. The lowest BCUT2D eigenvalue weighted by Gasteiger charge is -2.20. The Hall–Kier alpha value is -1.10. The van der Waals surface area contributed by atoms with Gasteiger partial charge in [-0.3, -0.25) is 9.80 Å². The Labute approximate surface area is 131 Å². The summed E-state index contributed by atoms with van der Waals surface area (Å²) in [4.78, 5) is 5.09. The molecule has 0 aliphatic carbocycles. The Morgan fingerprint density at radius 1 is 1.00 bits per heavy atom. The van der Waals surface area contributed by atoms with Crippen molar-refractivity contribution >= 4 is 11.3 Å². The molecule has 0 aromatic carbocycles. The third kappa shape index (κ3) is 4.19. The molecule has 0 spiro atoms. The molecule has 21 heavy (non-hydrogen) atoms.